The monoisotopic (exact) mass is 901 g/mol. The topological polar surface area (TPSA) is 142 Å². The molecule has 0 N–H and O–H groups in total. The summed E-state index contributed by atoms with van der Waals surface area (Å²) in [5.74, 6) is 4.82. The van der Waals surface area contributed by atoms with E-state index in [9.17, 15) is 0 Å². The predicted octanol–water partition coefficient (Wildman–Crippen LogP) is 13.9. The summed E-state index contributed by atoms with van der Waals surface area (Å²) in [7, 11) is 0. The number of hydrogen-bond donors (Lipinski definition) is 0. The number of rotatable bonds is 9. The first-order valence-electron chi connectivity index (χ1n) is 22.7. The molecule has 5 aromatic heterocycles. The van der Waals surface area contributed by atoms with Crippen LogP contribution in [0.2, 0.25) is 0 Å². The summed E-state index contributed by atoms with van der Waals surface area (Å²) >= 11 is 0. The molecule has 0 aliphatic rings. The lowest BCUT2D eigenvalue weighted by Gasteiger charge is -2.12. The van der Waals surface area contributed by atoms with E-state index in [4.69, 9.17) is 53.7 Å². The Kier molecular flexibility index (Phi) is 9.86. The zero-order chi connectivity index (χ0) is 46.4. The van der Waals surface area contributed by atoms with Gasteiger partial charge in [-0.15, -0.1) is 0 Å². The number of hydrogen-bond acceptors (Lipinski definition) is 11. The molecule has 0 aliphatic carbocycles. The Labute approximate surface area is 400 Å². The van der Waals surface area contributed by atoms with Crippen LogP contribution >= 0.6 is 0 Å². The Balaban J connectivity index is 1.11. The zero-order valence-corrected chi connectivity index (χ0v) is 37.0. The zero-order valence-electron chi connectivity index (χ0n) is 37.0. The molecule has 5 heterocycles. The number of furan rings is 2. The van der Waals surface area contributed by atoms with Gasteiger partial charge in [0.15, 0.2) is 58.2 Å². The molecule has 0 fully saturated rings. The number of fused-ring (bicyclic) bond motifs is 5. The van der Waals surface area contributed by atoms with Crippen LogP contribution in [0.1, 0.15) is 0 Å². The maximum absolute atomic E-state index is 7.12. The molecule has 13 rings (SSSR count). The van der Waals surface area contributed by atoms with Crippen LogP contribution in [0.25, 0.3) is 135 Å². The summed E-state index contributed by atoms with van der Waals surface area (Å²) in [6.45, 7) is 0. The first-order chi connectivity index (χ1) is 34.7. The minimum atomic E-state index is 0.352. The van der Waals surface area contributed by atoms with Crippen molar-refractivity contribution in [3.05, 3.63) is 213 Å². The summed E-state index contributed by atoms with van der Waals surface area (Å²) in [6.07, 6.45) is 1.69. The molecule has 11 heteroatoms. The fourth-order valence-corrected chi connectivity index (χ4v) is 8.75. The van der Waals surface area contributed by atoms with E-state index in [0.717, 1.165) is 60.5 Å². The molecule has 13 aromatic rings. The molecule has 0 saturated heterocycles. The van der Waals surface area contributed by atoms with Gasteiger partial charge in [0.25, 0.3) is 0 Å². The van der Waals surface area contributed by atoms with E-state index in [-0.39, 0.29) is 0 Å². The molecular formula is C59H35N9O2. The second-order valence-electron chi connectivity index (χ2n) is 16.6. The van der Waals surface area contributed by atoms with Gasteiger partial charge in [-0.05, 0) is 24.3 Å². The minimum Gasteiger partial charge on any atom is -0.464 e. The largest absolute Gasteiger partial charge is 0.464 e. The van der Waals surface area contributed by atoms with Crippen molar-refractivity contribution in [2.24, 2.45) is 0 Å². The first-order valence-corrected chi connectivity index (χ1v) is 22.7. The molecule has 0 bridgehead atoms. The number of nitrogens with zero attached hydrogens (tertiary/aromatic N) is 9. The highest BCUT2D eigenvalue weighted by Crippen LogP contribution is 2.44. The molecular weight excluding hydrogens is 867 g/mol. The van der Waals surface area contributed by atoms with Crippen LogP contribution in [0.15, 0.2) is 221 Å². The Morgan fingerprint density at radius 2 is 0.543 bits per heavy atom. The number of aromatic nitrogens is 9. The lowest BCUT2D eigenvalue weighted by atomic mass is 9.97. The van der Waals surface area contributed by atoms with Crippen molar-refractivity contribution in [1.29, 1.82) is 0 Å². The molecule has 0 atom stereocenters. The Hall–Kier alpha value is -9.87. The summed E-state index contributed by atoms with van der Waals surface area (Å²) < 4.78 is 13.6. The van der Waals surface area contributed by atoms with Gasteiger partial charge < -0.3 is 8.83 Å². The van der Waals surface area contributed by atoms with Crippen molar-refractivity contribution >= 4 is 32.7 Å². The molecule has 70 heavy (non-hydrogen) atoms. The lowest BCUT2D eigenvalue weighted by molar-refractivity contribution is 0.618. The van der Waals surface area contributed by atoms with E-state index in [0.29, 0.717) is 74.9 Å². The molecule has 0 amide bonds. The van der Waals surface area contributed by atoms with Crippen molar-refractivity contribution in [1.82, 2.24) is 44.9 Å². The summed E-state index contributed by atoms with van der Waals surface area (Å²) in [5.41, 5.74) is 7.66. The molecule has 0 aliphatic heterocycles. The van der Waals surface area contributed by atoms with Crippen LogP contribution in [0.4, 0.5) is 0 Å². The quantitative estimate of drug-likeness (QED) is 0.137. The van der Waals surface area contributed by atoms with E-state index < -0.39 is 0 Å². The molecule has 0 spiro atoms. The smallest absolute Gasteiger partial charge is 0.199 e. The third-order valence-corrected chi connectivity index (χ3v) is 12.1. The number of benzene rings is 8. The van der Waals surface area contributed by atoms with Crippen molar-refractivity contribution < 1.29 is 8.83 Å². The second kappa shape index (κ2) is 17.1. The average Bonchev–Trinajstić information content (AvgIpc) is 4.14. The van der Waals surface area contributed by atoms with E-state index in [1.54, 1.807) is 6.26 Å². The van der Waals surface area contributed by atoms with Gasteiger partial charge in [-0.25, -0.2) is 44.9 Å². The average molecular weight is 902 g/mol. The molecule has 11 nitrogen and oxygen atoms in total. The highest BCUT2D eigenvalue weighted by atomic mass is 16.3. The Morgan fingerprint density at radius 3 is 0.900 bits per heavy atom. The first kappa shape index (κ1) is 40.4. The normalized spacial score (nSPS) is 11.4. The molecule has 0 radical (unpaired) electrons. The highest BCUT2D eigenvalue weighted by molar-refractivity contribution is 6.21. The molecule has 8 aromatic carbocycles. The summed E-state index contributed by atoms with van der Waals surface area (Å²) in [4.78, 5) is 45.7. The van der Waals surface area contributed by atoms with Crippen molar-refractivity contribution in [3.63, 3.8) is 0 Å². The third kappa shape index (κ3) is 7.40. The van der Waals surface area contributed by atoms with Crippen LogP contribution in [-0.4, -0.2) is 44.9 Å². The van der Waals surface area contributed by atoms with Gasteiger partial charge in [-0.2, -0.15) is 0 Å². The fraction of sp³-hybridized carbons (Fsp3) is 0. The Bertz CT molecular complexity index is 3870. The Morgan fingerprint density at radius 1 is 0.243 bits per heavy atom. The van der Waals surface area contributed by atoms with Crippen LogP contribution in [0, 0.1) is 0 Å². The lowest BCUT2D eigenvalue weighted by Crippen LogP contribution is -2.01. The van der Waals surface area contributed by atoms with Gasteiger partial charge in [0.05, 0.1) is 6.26 Å². The van der Waals surface area contributed by atoms with Gasteiger partial charge in [0, 0.05) is 66.1 Å². The van der Waals surface area contributed by atoms with E-state index in [1.807, 2.05) is 194 Å². The van der Waals surface area contributed by atoms with Crippen molar-refractivity contribution in [2.45, 2.75) is 0 Å². The van der Waals surface area contributed by atoms with Crippen LogP contribution in [0.5, 0.6) is 0 Å². The molecule has 0 unspecified atom stereocenters. The van der Waals surface area contributed by atoms with Crippen LogP contribution in [-0.2, 0) is 0 Å². The van der Waals surface area contributed by atoms with Crippen molar-refractivity contribution in [2.75, 3.05) is 0 Å². The minimum absolute atomic E-state index is 0.352. The predicted molar refractivity (Wildman–Crippen MR) is 273 cm³/mol. The molecule has 328 valence electrons. The maximum Gasteiger partial charge on any atom is 0.199 e. The van der Waals surface area contributed by atoms with Gasteiger partial charge in [0.2, 0.25) is 0 Å². The highest BCUT2D eigenvalue weighted by Gasteiger charge is 2.25. The van der Waals surface area contributed by atoms with Gasteiger partial charge in [0.1, 0.15) is 11.2 Å². The van der Waals surface area contributed by atoms with Gasteiger partial charge >= 0.3 is 0 Å². The molecule has 0 saturated carbocycles. The van der Waals surface area contributed by atoms with Crippen LogP contribution < -0.4 is 0 Å². The van der Waals surface area contributed by atoms with E-state index in [2.05, 4.69) is 12.1 Å². The fourth-order valence-electron chi connectivity index (χ4n) is 8.75. The van der Waals surface area contributed by atoms with E-state index >= 15 is 0 Å². The van der Waals surface area contributed by atoms with Crippen LogP contribution in [0.3, 0.4) is 0 Å². The third-order valence-electron chi connectivity index (χ3n) is 12.1. The SMILES string of the molecule is c1ccc(-c2nc(-c3ccccc3)nc(-c3cc4c(-c5nc(-c6ccccc6)nc(-c6ccccc6)n5)cc5c(cc(-c6nc(-c7ccccc7)nc(-c7ccccc7)n6)c6ccoc65)c4o3)n2)cc1. The van der Waals surface area contributed by atoms with Gasteiger partial charge in [-0.1, -0.05) is 182 Å². The van der Waals surface area contributed by atoms with E-state index in [1.165, 1.54) is 0 Å². The van der Waals surface area contributed by atoms with Gasteiger partial charge in [-0.3, -0.25) is 0 Å². The summed E-state index contributed by atoms with van der Waals surface area (Å²) in [6, 6.07) is 67.5. The second-order valence-corrected chi connectivity index (χ2v) is 16.6. The summed E-state index contributed by atoms with van der Waals surface area (Å²) in [5, 5.41) is 3.03. The maximum atomic E-state index is 7.12. The standard InChI is InChI=1S/C59H35N9O2/c1-7-19-36(20-8-1)51-60-52(37-21-9-2-10-22-37)64-57(63-51)46-34-44-43(49-42(46)31-32-69-49)33-47(58-65-53(38-23-11-3-12-24-38)61-54(66-58)39-25-13-4-14-26-39)45-35-48(70-50(44)45)59-67-55(40-27-15-5-16-28-40)62-56(68-59)41-29-17-6-18-30-41/h1-35H. The van der Waals surface area contributed by atoms with Crippen molar-refractivity contribution in [3.8, 4) is 103 Å².